The fourth-order valence-corrected chi connectivity index (χ4v) is 1.79. The van der Waals surface area contributed by atoms with Crippen molar-refractivity contribution < 1.29 is 4.39 Å². The highest BCUT2D eigenvalue weighted by atomic mass is 32.1. The van der Waals surface area contributed by atoms with Crippen LogP contribution < -0.4 is 5.73 Å². The quantitative estimate of drug-likeness (QED) is 0.801. The van der Waals surface area contributed by atoms with Crippen molar-refractivity contribution in [3.63, 3.8) is 0 Å². The van der Waals surface area contributed by atoms with Crippen LogP contribution in [0.5, 0.6) is 0 Å². The predicted molar refractivity (Wildman–Crippen MR) is 68.9 cm³/mol. The van der Waals surface area contributed by atoms with Crippen molar-refractivity contribution in [2.24, 2.45) is 5.73 Å². The van der Waals surface area contributed by atoms with Gasteiger partial charge >= 0.3 is 0 Å². The standard InChI is InChI=1S/C12H17FN2S/c1-3-6-15(2)8-9-4-5-11(13)10(7-9)12(14)16/h4-5,7H,3,6,8H2,1-2H3,(H2,14,16). The second kappa shape index (κ2) is 5.92. The molecule has 0 unspecified atom stereocenters. The van der Waals surface area contributed by atoms with Gasteiger partial charge in [0.2, 0.25) is 0 Å². The molecule has 2 N–H and O–H groups in total. The zero-order valence-electron chi connectivity index (χ0n) is 9.66. The van der Waals surface area contributed by atoms with Gasteiger partial charge in [-0.1, -0.05) is 25.2 Å². The molecule has 0 amide bonds. The van der Waals surface area contributed by atoms with Crippen LogP contribution in [0, 0.1) is 5.82 Å². The summed E-state index contributed by atoms with van der Waals surface area (Å²) in [5.74, 6) is -0.352. The minimum absolute atomic E-state index is 0.109. The predicted octanol–water partition coefficient (Wildman–Crippen LogP) is 2.30. The molecule has 0 heterocycles. The minimum Gasteiger partial charge on any atom is -0.389 e. The van der Waals surface area contributed by atoms with Crippen molar-refractivity contribution in [3.05, 3.63) is 35.1 Å². The topological polar surface area (TPSA) is 29.3 Å². The van der Waals surface area contributed by atoms with Crippen LogP contribution in [0.1, 0.15) is 24.5 Å². The summed E-state index contributed by atoms with van der Waals surface area (Å²) in [6.07, 6.45) is 1.10. The zero-order valence-corrected chi connectivity index (χ0v) is 10.5. The Hall–Kier alpha value is -1.00. The molecule has 0 aliphatic heterocycles. The normalized spacial score (nSPS) is 10.8. The molecule has 0 aromatic heterocycles. The first kappa shape index (κ1) is 13.1. The highest BCUT2D eigenvalue weighted by molar-refractivity contribution is 7.80. The average Bonchev–Trinajstić information content (AvgIpc) is 2.21. The summed E-state index contributed by atoms with van der Waals surface area (Å²) in [5, 5.41) is 0. The van der Waals surface area contributed by atoms with Gasteiger partial charge in [0.15, 0.2) is 0 Å². The summed E-state index contributed by atoms with van der Waals surface area (Å²) in [5.41, 5.74) is 6.81. The lowest BCUT2D eigenvalue weighted by Crippen LogP contribution is -2.19. The van der Waals surface area contributed by atoms with E-state index >= 15 is 0 Å². The summed E-state index contributed by atoms with van der Waals surface area (Å²) in [4.78, 5) is 2.29. The smallest absolute Gasteiger partial charge is 0.133 e. The van der Waals surface area contributed by atoms with Gasteiger partial charge in [-0.15, -0.1) is 0 Å². The van der Waals surface area contributed by atoms with Crippen molar-refractivity contribution in [3.8, 4) is 0 Å². The van der Waals surface area contributed by atoms with E-state index in [9.17, 15) is 4.39 Å². The van der Waals surface area contributed by atoms with Crippen LogP contribution in [0.3, 0.4) is 0 Å². The third-order valence-electron chi connectivity index (χ3n) is 2.35. The lowest BCUT2D eigenvalue weighted by molar-refractivity contribution is 0.327. The average molecular weight is 240 g/mol. The highest BCUT2D eigenvalue weighted by Gasteiger charge is 2.07. The van der Waals surface area contributed by atoms with E-state index in [-0.39, 0.29) is 10.8 Å². The number of thiocarbonyl (C=S) groups is 1. The molecule has 1 rings (SSSR count). The Labute approximate surface area is 101 Å². The van der Waals surface area contributed by atoms with Crippen LogP contribution in [0.4, 0.5) is 4.39 Å². The van der Waals surface area contributed by atoms with Crippen LogP contribution >= 0.6 is 12.2 Å². The van der Waals surface area contributed by atoms with Gasteiger partial charge in [0.25, 0.3) is 0 Å². The summed E-state index contributed by atoms with van der Waals surface area (Å²) in [6.45, 7) is 3.92. The van der Waals surface area contributed by atoms with Crippen LogP contribution in [0.2, 0.25) is 0 Å². The molecule has 0 fully saturated rings. The number of nitrogens with two attached hydrogens (primary N) is 1. The fourth-order valence-electron chi connectivity index (χ4n) is 1.63. The number of benzene rings is 1. The Morgan fingerprint density at radius 2 is 2.19 bits per heavy atom. The molecule has 0 bridgehead atoms. The van der Waals surface area contributed by atoms with E-state index < -0.39 is 0 Å². The zero-order chi connectivity index (χ0) is 12.1. The van der Waals surface area contributed by atoms with E-state index in [1.165, 1.54) is 6.07 Å². The molecular formula is C12H17FN2S. The van der Waals surface area contributed by atoms with Gasteiger partial charge in [0.05, 0.1) is 0 Å². The number of hydrogen-bond acceptors (Lipinski definition) is 2. The van der Waals surface area contributed by atoms with Crippen LogP contribution in [-0.4, -0.2) is 23.5 Å². The van der Waals surface area contributed by atoms with Crippen LogP contribution in [0.15, 0.2) is 18.2 Å². The Morgan fingerprint density at radius 1 is 1.50 bits per heavy atom. The van der Waals surface area contributed by atoms with E-state index in [1.54, 1.807) is 12.1 Å². The van der Waals surface area contributed by atoms with E-state index in [0.29, 0.717) is 5.56 Å². The highest BCUT2D eigenvalue weighted by Crippen LogP contribution is 2.12. The number of rotatable bonds is 5. The molecule has 16 heavy (non-hydrogen) atoms. The Bertz CT molecular complexity index is 379. The number of nitrogens with zero attached hydrogens (tertiary/aromatic N) is 1. The third-order valence-corrected chi connectivity index (χ3v) is 2.57. The Morgan fingerprint density at radius 3 is 2.75 bits per heavy atom. The maximum atomic E-state index is 13.3. The first-order chi connectivity index (χ1) is 7.54. The van der Waals surface area contributed by atoms with Crippen molar-refractivity contribution in [1.82, 2.24) is 4.90 Å². The van der Waals surface area contributed by atoms with Crippen LogP contribution in [-0.2, 0) is 6.54 Å². The molecule has 4 heteroatoms. The molecule has 1 aromatic carbocycles. The van der Waals surface area contributed by atoms with Crippen molar-refractivity contribution in [2.45, 2.75) is 19.9 Å². The van der Waals surface area contributed by atoms with E-state index in [2.05, 4.69) is 11.8 Å². The Kier molecular flexibility index (Phi) is 4.83. The molecule has 0 atom stereocenters. The summed E-state index contributed by atoms with van der Waals surface area (Å²) >= 11 is 4.80. The fraction of sp³-hybridized carbons (Fsp3) is 0.417. The monoisotopic (exact) mass is 240 g/mol. The van der Waals surface area contributed by atoms with Crippen LogP contribution in [0.25, 0.3) is 0 Å². The largest absolute Gasteiger partial charge is 0.389 e. The molecule has 0 radical (unpaired) electrons. The second-order valence-electron chi connectivity index (χ2n) is 3.92. The Balaban J connectivity index is 2.82. The first-order valence-electron chi connectivity index (χ1n) is 5.31. The molecule has 1 aromatic rings. The second-order valence-corrected chi connectivity index (χ2v) is 4.36. The van der Waals surface area contributed by atoms with Gasteiger partial charge in [-0.05, 0) is 37.7 Å². The van der Waals surface area contributed by atoms with Crippen molar-refractivity contribution >= 4 is 17.2 Å². The van der Waals surface area contributed by atoms with E-state index in [4.69, 9.17) is 18.0 Å². The molecule has 2 nitrogen and oxygen atoms in total. The van der Waals surface area contributed by atoms with Crippen molar-refractivity contribution in [1.29, 1.82) is 0 Å². The lowest BCUT2D eigenvalue weighted by atomic mass is 10.1. The maximum Gasteiger partial charge on any atom is 0.133 e. The molecule has 0 saturated carbocycles. The van der Waals surface area contributed by atoms with E-state index in [0.717, 1.165) is 25.1 Å². The van der Waals surface area contributed by atoms with Gasteiger partial charge in [0, 0.05) is 12.1 Å². The van der Waals surface area contributed by atoms with Gasteiger partial charge in [-0.25, -0.2) is 4.39 Å². The first-order valence-corrected chi connectivity index (χ1v) is 5.72. The summed E-state index contributed by atoms with van der Waals surface area (Å²) in [7, 11) is 2.04. The molecule has 0 saturated heterocycles. The lowest BCUT2D eigenvalue weighted by Gasteiger charge is -2.16. The van der Waals surface area contributed by atoms with Gasteiger partial charge < -0.3 is 10.6 Å². The van der Waals surface area contributed by atoms with Gasteiger partial charge in [-0.3, -0.25) is 0 Å². The maximum absolute atomic E-state index is 13.3. The van der Waals surface area contributed by atoms with Gasteiger partial charge in [-0.2, -0.15) is 0 Å². The summed E-state index contributed by atoms with van der Waals surface area (Å²) < 4.78 is 13.3. The SMILES string of the molecule is CCCN(C)Cc1ccc(F)c(C(N)=S)c1. The molecule has 0 aliphatic carbocycles. The third kappa shape index (κ3) is 3.54. The van der Waals surface area contributed by atoms with Crippen molar-refractivity contribution in [2.75, 3.05) is 13.6 Å². The number of halogens is 1. The van der Waals surface area contributed by atoms with E-state index in [1.807, 2.05) is 7.05 Å². The summed E-state index contributed by atoms with van der Waals surface area (Å²) in [6, 6.07) is 4.91. The number of hydrogen-bond donors (Lipinski definition) is 1. The minimum atomic E-state index is -0.352. The molecule has 88 valence electrons. The van der Waals surface area contributed by atoms with Gasteiger partial charge in [0.1, 0.15) is 10.8 Å². The molecule has 0 aliphatic rings. The molecular weight excluding hydrogens is 223 g/mol. The molecule has 0 spiro atoms.